The number of nitrogens with zero attached hydrogens (tertiary/aromatic N) is 1. The summed E-state index contributed by atoms with van der Waals surface area (Å²) in [4.78, 5) is 2.48. The minimum absolute atomic E-state index is 0.193. The molecule has 0 spiro atoms. The number of benzene rings is 1. The van der Waals surface area contributed by atoms with Crippen LogP contribution < -0.4 is 11.3 Å². The number of hydrogen-bond acceptors (Lipinski definition) is 4. The molecule has 0 aromatic heterocycles. The van der Waals surface area contributed by atoms with Gasteiger partial charge in [-0.1, -0.05) is 24.3 Å². The average molecular weight is 289 g/mol. The SMILES string of the molecule is CC(C)N1CCOC(C(CC2Cc3ccccc32)NN)C1. The summed E-state index contributed by atoms with van der Waals surface area (Å²) < 4.78 is 5.98. The molecule has 1 heterocycles. The second-order valence-electron chi connectivity index (χ2n) is 6.61. The van der Waals surface area contributed by atoms with E-state index in [0.717, 1.165) is 26.1 Å². The Morgan fingerprint density at radius 2 is 2.19 bits per heavy atom. The summed E-state index contributed by atoms with van der Waals surface area (Å²) in [6.07, 6.45) is 2.43. The number of hydrazine groups is 1. The van der Waals surface area contributed by atoms with Gasteiger partial charge in [0.25, 0.3) is 0 Å². The maximum Gasteiger partial charge on any atom is 0.0869 e. The van der Waals surface area contributed by atoms with Gasteiger partial charge in [-0.25, -0.2) is 0 Å². The van der Waals surface area contributed by atoms with Crippen LogP contribution in [0.2, 0.25) is 0 Å². The first-order valence-electron chi connectivity index (χ1n) is 8.08. The van der Waals surface area contributed by atoms with Crippen molar-refractivity contribution in [1.82, 2.24) is 10.3 Å². The molecule has 1 fully saturated rings. The normalized spacial score (nSPS) is 27.2. The van der Waals surface area contributed by atoms with Gasteiger partial charge in [0.2, 0.25) is 0 Å². The molecule has 3 N–H and O–H groups in total. The molecule has 3 atom stereocenters. The van der Waals surface area contributed by atoms with Gasteiger partial charge in [-0.15, -0.1) is 0 Å². The lowest BCUT2D eigenvalue weighted by Gasteiger charge is -2.41. The first-order valence-corrected chi connectivity index (χ1v) is 8.08. The monoisotopic (exact) mass is 289 g/mol. The van der Waals surface area contributed by atoms with Crippen LogP contribution in [-0.2, 0) is 11.2 Å². The fraction of sp³-hybridized carbons (Fsp3) is 0.647. The number of hydrogen-bond donors (Lipinski definition) is 2. The molecule has 1 aromatic carbocycles. The third-order valence-electron chi connectivity index (χ3n) is 5.02. The Hall–Kier alpha value is -0.940. The van der Waals surface area contributed by atoms with E-state index in [1.54, 1.807) is 0 Å². The van der Waals surface area contributed by atoms with Crippen molar-refractivity contribution >= 4 is 0 Å². The molecule has 1 aliphatic carbocycles. The summed E-state index contributed by atoms with van der Waals surface area (Å²) in [5, 5.41) is 0. The molecule has 21 heavy (non-hydrogen) atoms. The van der Waals surface area contributed by atoms with Gasteiger partial charge in [-0.2, -0.15) is 0 Å². The summed E-state index contributed by atoms with van der Waals surface area (Å²) in [6.45, 7) is 7.30. The van der Waals surface area contributed by atoms with E-state index in [4.69, 9.17) is 10.6 Å². The van der Waals surface area contributed by atoms with Gasteiger partial charge in [0.1, 0.15) is 0 Å². The van der Waals surface area contributed by atoms with Crippen molar-refractivity contribution < 1.29 is 4.74 Å². The zero-order chi connectivity index (χ0) is 14.8. The van der Waals surface area contributed by atoms with Crippen molar-refractivity contribution in [3.63, 3.8) is 0 Å². The fourth-order valence-electron chi connectivity index (χ4n) is 3.62. The van der Waals surface area contributed by atoms with E-state index in [1.165, 1.54) is 17.5 Å². The van der Waals surface area contributed by atoms with Gasteiger partial charge in [0, 0.05) is 25.2 Å². The van der Waals surface area contributed by atoms with Crippen LogP contribution in [0.4, 0.5) is 0 Å². The lowest BCUT2D eigenvalue weighted by molar-refractivity contribution is -0.0577. The first-order chi connectivity index (χ1) is 10.2. The molecule has 0 radical (unpaired) electrons. The fourth-order valence-corrected chi connectivity index (χ4v) is 3.62. The molecule has 4 nitrogen and oxygen atoms in total. The van der Waals surface area contributed by atoms with Crippen LogP contribution in [0.5, 0.6) is 0 Å². The number of rotatable bonds is 5. The molecule has 1 saturated heterocycles. The van der Waals surface area contributed by atoms with Crippen molar-refractivity contribution in [2.24, 2.45) is 5.84 Å². The van der Waals surface area contributed by atoms with E-state index in [0.29, 0.717) is 12.0 Å². The van der Waals surface area contributed by atoms with Gasteiger partial charge in [0.15, 0.2) is 0 Å². The molecule has 1 aromatic rings. The van der Waals surface area contributed by atoms with Crippen molar-refractivity contribution in [3.8, 4) is 0 Å². The smallest absolute Gasteiger partial charge is 0.0869 e. The van der Waals surface area contributed by atoms with Gasteiger partial charge < -0.3 is 4.74 Å². The van der Waals surface area contributed by atoms with Crippen LogP contribution >= 0.6 is 0 Å². The van der Waals surface area contributed by atoms with Gasteiger partial charge in [-0.05, 0) is 43.7 Å². The predicted octanol–water partition coefficient (Wildman–Crippen LogP) is 1.66. The number of nitrogens with two attached hydrogens (primary N) is 1. The van der Waals surface area contributed by atoms with E-state index in [2.05, 4.69) is 48.4 Å². The second-order valence-corrected chi connectivity index (χ2v) is 6.61. The van der Waals surface area contributed by atoms with Crippen LogP contribution in [0.3, 0.4) is 0 Å². The molecule has 2 aliphatic rings. The molecule has 0 amide bonds. The van der Waals surface area contributed by atoms with E-state index < -0.39 is 0 Å². The van der Waals surface area contributed by atoms with Gasteiger partial charge in [0.05, 0.1) is 12.7 Å². The Bertz CT molecular complexity index is 477. The molecule has 1 aliphatic heterocycles. The highest BCUT2D eigenvalue weighted by atomic mass is 16.5. The predicted molar refractivity (Wildman–Crippen MR) is 85.1 cm³/mol. The summed E-state index contributed by atoms with van der Waals surface area (Å²) >= 11 is 0. The highest BCUT2D eigenvalue weighted by molar-refractivity contribution is 5.40. The first kappa shape index (κ1) is 15.0. The molecule has 0 bridgehead atoms. The highest BCUT2D eigenvalue weighted by Crippen LogP contribution is 2.38. The molecule has 116 valence electrons. The van der Waals surface area contributed by atoms with E-state index in [9.17, 15) is 0 Å². The number of nitrogens with one attached hydrogen (secondary N) is 1. The Balaban J connectivity index is 1.61. The topological polar surface area (TPSA) is 50.5 Å². The Labute approximate surface area is 127 Å². The minimum Gasteiger partial charge on any atom is -0.374 e. The van der Waals surface area contributed by atoms with Crippen LogP contribution in [0.1, 0.15) is 37.3 Å². The lowest BCUT2D eigenvalue weighted by Crippen LogP contribution is -2.55. The van der Waals surface area contributed by atoms with Crippen molar-refractivity contribution in [3.05, 3.63) is 35.4 Å². The van der Waals surface area contributed by atoms with Crippen LogP contribution in [0.15, 0.2) is 24.3 Å². The Kier molecular flexibility index (Phi) is 4.60. The maximum atomic E-state index is 5.98. The quantitative estimate of drug-likeness (QED) is 0.639. The Morgan fingerprint density at radius 3 is 2.90 bits per heavy atom. The van der Waals surface area contributed by atoms with E-state index >= 15 is 0 Å². The van der Waals surface area contributed by atoms with Crippen LogP contribution in [0.25, 0.3) is 0 Å². The van der Waals surface area contributed by atoms with Crippen LogP contribution in [-0.4, -0.2) is 42.8 Å². The average Bonchev–Trinajstić information content (AvgIpc) is 2.49. The summed E-state index contributed by atoms with van der Waals surface area (Å²) in [7, 11) is 0. The summed E-state index contributed by atoms with van der Waals surface area (Å²) in [6, 6.07) is 9.53. The minimum atomic E-state index is 0.193. The van der Waals surface area contributed by atoms with Crippen LogP contribution in [0, 0.1) is 0 Å². The second kappa shape index (κ2) is 6.44. The molecule has 0 saturated carbocycles. The standard InChI is InChI=1S/C17H27N3O/c1-12(2)20-7-8-21-17(11-20)16(19-18)10-14-9-13-5-3-4-6-15(13)14/h3-6,12,14,16-17,19H,7-11,18H2,1-2H3. The van der Waals surface area contributed by atoms with Crippen molar-refractivity contribution in [2.45, 2.75) is 50.8 Å². The summed E-state index contributed by atoms with van der Waals surface area (Å²) in [5.74, 6) is 6.45. The summed E-state index contributed by atoms with van der Waals surface area (Å²) in [5.41, 5.74) is 6.00. The lowest BCUT2D eigenvalue weighted by atomic mass is 9.74. The molecule has 3 unspecified atom stereocenters. The third kappa shape index (κ3) is 3.14. The zero-order valence-corrected chi connectivity index (χ0v) is 13.1. The van der Waals surface area contributed by atoms with Crippen molar-refractivity contribution in [1.29, 1.82) is 0 Å². The van der Waals surface area contributed by atoms with Gasteiger partial charge in [-0.3, -0.25) is 16.2 Å². The van der Waals surface area contributed by atoms with E-state index in [-0.39, 0.29) is 12.1 Å². The molecule has 4 heteroatoms. The Morgan fingerprint density at radius 1 is 1.38 bits per heavy atom. The highest BCUT2D eigenvalue weighted by Gasteiger charge is 2.34. The number of fused-ring (bicyclic) bond motifs is 1. The maximum absolute atomic E-state index is 5.98. The number of ether oxygens (including phenoxy) is 1. The third-order valence-corrected chi connectivity index (χ3v) is 5.02. The molecular weight excluding hydrogens is 262 g/mol. The molecule has 3 rings (SSSR count). The van der Waals surface area contributed by atoms with Crippen molar-refractivity contribution in [2.75, 3.05) is 19.7 Å². The van der Waals surface area contributed by atoms with Gasteiger partial charge >= 0.3 is 0 Å². The molecular formula is C17H27N3O. The largest absolute Gasteiger partial charge is 0.374 e. The number of morpholine rings is 1. The van der Waals surface area contributed by atoms with E-state index in [1.807, 2.05) is 0 Å². The zero-order valence-electron chi connectivity index (χ0n) is 13.1.